The molecule has 1 aromatic heterocycles. The van der Waals surface area contributed by atoms with Gasteiger partial charge in [-0.05, 0) is 67.2 Å². The number of pyridine rings is 1. The molecule has 2 nitrogen and oxygen atoms in total. The number of hydrogen-bond acceptors (Lipinski definition) is 2. The zero-order chi connectivity index (χ0) is 22.7. The highest BCUT2D eigenvalue weighted by Crippen LogP contribution is 2.36. The quantitative estimate of drug-likeness (QED) is 0.350. The van der Waals surface area contributed by atoms with Gasteiger partial charge >= 0.3 is 6.18 Å². The van der Waals surface area contributed by atoms with E-state index in [1.54, 1.807) is 0 Å². The molecule has 1 aliphatic carbocycles. The molecule has 0 amide bonds. The number of benzene rings is 2. The lowest BCUT2D eigenvalue weighted by atomic mass is 9.77. The molecule has 0 aliphatic heterocycles. The van der Waals surface area contributed by atoms with Gasteiger partial charge < -0.3 is 0 Å². The molecule has 0 N–H and O–H groups in total. The lowest BCUT2D eigenvalue weighted by Crippen LogP contribution is -2.18. The van der Waals surface area contributed by atoms with E-state index in [0.29, 0.717) is 5.92 Å². The SMILES string of the molecule is O=C(CC1CCC(CCc2nccc3ccccc23)CC1)c1cc(C(F)(F)F)ccc1Cl. The zero-order valence-corrected chi connectivity index (χ0v) is 18.4. The number of ketones is 1. The van der Waals surface area contributed by atoms with Crippen molar-refractivity contribution in [2.45, 2.75) is 51.1 Å². The Morgan fingerprint density at radius 3 is 2.47 bits per heavy atom. The topological polar surface area (TPSA) is 30.0 Å². The Morgan fingerprint density at radius 1 is 1.00 bits per heavy atom. The van der Waals surface area contributed by atoms with Gasteiger partial charge in [-0.1, -0.05) is 48.7 Å². The number of carbonyl (C=O) groups is 1. The lowest BCUT2D eigenvalue weighted by Gasteiger charge is -2.28. The standard InChI is InChI=1S/C26H25ClF3NO/c27-23-11-10-20(26(28,29)30)16-22(23)25(32)15-18-7-5-17(6-8-18)9-12-24-21-4-2-1-3-19(21)13-14-31-24/h1-4,10-11,13-14,16-18H,5-9,12,15H2. The van der Waals surface area contributed by atoms with Gasteiger partial charge in [-0.15, -0.1) is 0 Å². The summed E-state index contributed by atoms with van der Waals surface area (Å²) in [6.45, 7) is 0. The molecule has 32 heavy (non-hydrogen) atoms. The number of carbonyl (C=O) groups excluding carboxylic acids is 1. The number of halogens is 4. The molecule has 1 heterocycles. The van der Waals surface area contributed by atoms with Crippen LogP contribution in [0.15, 0.2) is 54.7 Å². The highest BCUT2D eigenvalue weighted by Gasteiger charge is 2.32. The van der Waals surface area contributed by atoms with Crippen LogP contribution < -0.4 is 0 Å². The lowest BCUT2D eigenvalue weighted by molar-refractivity contribution is -0.137. The van der Waals surface area contributed by atoms with Crippen molar-refractivity contribution in [1.82, 2.24) is 4.98 Å². The van der Waals surface area contributed by atoms with Crippen molar-refractivity contribution >= 4 is 28.2 Å². The van der Waals surface area contributed by atoms with Crippen LogP contribution in [0.5, 0.6) is 0 Å². The number of alkyl halides is 3. The van der Waals surface area contributed by atoms with Crippen molar-refractivity contribution < 1.29 is 18.0 Å². The van der Waals surface area contributed by atoms with Gasteiger partial charge in [0.25, 0.3) is 0 Å². The third kappa shape index (κ3) is 5.32. The molecule has 4 rings (SSSR count). The van der Waals surface area contributed by atoms with Gasteiger partial charge in [0.1, 0.15) is 0 Å². The summed E-state index contributed by atoms with van der Waals surface area (Å²) < 4.78 is 39.0. The molecule has 168 valence electrons. The summed E-state index contributed by atoms with van der Waals surface area (Å²) in [7, 11) is 0. The van der Waals surface area contributed by atoms with Gasteiger partial charge in [0.2, 0.25) is 0 Å². The summed E-state index contributed by atoms with van der Waals surface area (Å²) in [6, 6.07) is 13.3. The Hall–Kier alpha value is -2.40. The number of rotatable bonds is 6. The van der Waals surface area contributed by atoms with Crippen molar-refractivity contribution in [2.75, 3.05) is 0 Å². The van der Waals surface area contributed by atoms with Gasteiger partial charge in [-0.2, -0.15) is 13.2 Å². The fourth-order valence-electron chi connectivity index (χ4n) is 4.73. The minimum absolute atomic E-state index is 0.0226. The van der Waals surface area contributed by atoms with Crippen LogP contribution in [0.3, 0.4) is 0 Å². The van der Waals surface area contributed by atoms with Crippen LogP contribution in [0.1, 0.15) is 60.1 Å². The van der Waals surface area contributed by atoms with Crippen molar-refractivity contribution in [3.8, 4) is 0 Å². The van der Waals surface area contributed by atoms with E-state index >= 15 is 0 Å². The van der Waals surface area contributed by atoms with Gasteiger partial charge in [0.15, 0.2) is 5.78 Å². The van der Waals surface area contributed by atoms with Gasteiger partial charge in [0.05, 0.1) is 10.6 Å². The minimum Gasteiger partial charge on any atom is -0.294 e. The smallest absolute Gasteiger partial charge is 0.294 e. The molecule has 1 aliphatic rings. The Balaban J connectivity index is 1.31. The first-order chi connectivity index (χ1) is 15.3. The third-order valence-corrected chi connectivity index (χ3v) is 6.91. The first kappa shape index (κ1) is 22.8. The largest absolute Gasteiger partial charge is 0.416 e. The predicted molar refractivity (Wildman–Crippen MR) is 121 cm³/mol. The second-order valence-electron chi connectivity index (χ2n) is 8.72. The highest BCUT2D eigenvalue weighted by atomic mass is 35.5. The molecule has 0 spiro atoms. The maximum Gasteiger partial charge on any atom is 0.416 e. The molecule has 1 fully saturated rings. The fraction of sp³-hybridized carbons (Fsp3) is 0.385. The van der Waals surface area contributed by atoms with Crippen molar-refractivity contribution in [1.29, 1.82) is 0 Å². The van der Waals surface area contributed by atoms with Crippen LogP contribution in [-0.2, 0) is 12.6 Å². The minimum atomic E-state index is -4.49. The number of fused-ring (bicyclic) bond motifs is 1. The molecule has 0 unspecified atom stereocenters. The molecule has 6 heteroatoms. The van der Waals surface area contributed by atoms with E-state index < -0.39 is 11.7 Å². The van der Waals surface area contributed by atoms with Crippen molar-refractivity contribution in [2.24, 2.45) is 11.8 Å². The van der Waals surface area contributed by atoms with Crippen LogP contribution in [0.4, 0.5) is 13.2 Å². The van der Waals surface area contributed by atoms with E-state index in [-0.39, 0.29) is 28.7 Å². The van der Waals surface area contributed by atoms with Crippen molar-refractivity contribution in [3.05, 3.63) is 76.6 Å². The Bertz CT molecular complexity index is 1100. The Morgan fingerprint density at radius 2 is 1.72 bits per heavy atom. The van der Waals surface area contributed by atoms with Crippen LogP contribution >= 0.6 is 11.6 Å². The van der Waals surface area contributed by atoms with Crippen LogP contribution in [-0.4, -0.2) is 10.8 Å². The normalized spacial score (nSPS) is 19.2. The maximum absolute atomic E-state index is 13.0. The molecule has 0 radical (unpaired) electrons. The van der Waals surface area contributed by atoms with Gasteiger partial charge in [-0.25, -0.2) is 0 Å². The Labute approximate surface area is 190 Å². The number of aryl methyl sites for hydroxylation is 1. The van der Waals surface area contributed by atoms with Crippen LogP contribution in [0.25, 0.3) is 10.8 Å². The number of Topliss-reactive ketones (excluding diaryl/α,β-unsaturated/α-hetero) is 1. The molecule has 2 aromatic carbocycles. The molecule has 0 atom stereocenters. The number of nitrogens with zero attached hydrogens (tertiary/aromatic N) is 1. The summed E-state index contributed by atoms with van der Waals surface area (Å²) >= 11 is 6.03. The summed E-state index contributed by atoms with van der Waals surface area (Å²) in [4.78, 5) is 17.2. The molecule has 1 saturated carbocycles. The third-order valence-electron chi connectivity index (χ3n) is 6.58. The monoisotopic (exact) mass is 459 g/mol. The van der Waals surface area contributed by atoms with E-state index in [4.69, 9.17) is 11.6 Å². The highest BCUT2D eigenvalue weighted by molar-refractivity contribution is 6.34. The number of hydrogen-bond donors (Lipinski definition) is 0. The van der Waals surface area contributed by atoms with E-state index in [2.05, 4.69) is 17.1 Å². The summed E-state index contributed by atoms with van der Waals surface area (Å²) in [5.74, 6) is 0.476. The first-order valence-corrected chi connectivity index (χ1v) is 11.4. The molecule has 0 bridgehead atoms. The molecule has 0 saturated heterocycles. The van der Waals surface area contributed by atoms with Crippen LogP contribution in [0, 0.1) is 11.8 Å². The zero-order valence-electron chi connectivity index (χ0n) is 17.7. The fourth-order valence-corrected chi connectivity index (χ4v) is 4.96. The molecular weight excluding hydrogens is 435 g/mol. The van der Waals surface area contributed by atoms with E-state index in [1.807, 2.05) is 24.4 Å². The first-order valence-electron chi connectivity index (χ1n) is 11.0. The summed E-state index contributed by atoms with van der Waals surface area (Å²) in [5, 5.41) is 2.49. The van der Waals surface area contributed by atoms with E-state index in [1.165, 1.54) is 10.8 Å². The second-order valence-corrected chi connectivity index (χ2v) is 9.13. The molecular formula is C26H25ClF3NO. The van der Waals surface area contributed by atoms with E-state index in [9.17, 15) is 18.0 Å². The summed E-state index contributed by atoms with van der Waals surface area (Å²) in [6.07, 6.45) is 3.48. The maximum atomic E-state index is 13.0. The summed E-state index contributed by atoms with van der Waals surface area (Å²) in [5.41, 5.74) is 0.265. The average Bonchev–Trinajstić information content (AvgIpc) is 2.78. The van der Waals surface area contributed by atoms with Crippen LogP contribution in [0.2, 0.25) is 5.02 Å². The van der Waals surface area contributed by atoms with Gasteiger partial charge in [0, 0.05) is 29.3 Å². The van der Waals surface area contributed by atoms with E-state index in [0.717, 1.165) is 62.4 Å². The molecule has 3 aromatic rings. The Kier molecular flexibility index (Phi) is 6.85. The second kappa shape index (κ2) is 9.62. The average molecular weight is 460 g/mol. The van der Waals surface area contributed by atoms with Crippen molar-refractivity contribution in [3.63, 3.8) is 0 Å². The predicted octanol–water partition coefficient (Wildman–Crippen LogP) is 7.92. The number of aromatic nitrogens is 1. The van der Waals surface area contributed by atoms with Gasteiger partial charge in [-0.3, -0.25) is 9.78 Å².